The van der Waals surface area contributed by atoms with Crippen molar-refractivity contribution >= 4 is 44.3 Å². The molecule has 3 aromatic carbocycles. The lowest BCUT2D eigenvalue weighted by Crippen LogP contribution is -2.25. The lowest BCUT2D eigenvalue weighted by atomic mass is 10.1. The van der Waals surface area contributed by atoms with Crippen LogP contribution in [0.25, 0.3) is 10.8 Å². The first-order valence-corrected chi connectivity index (χ1v) is 19.1. The molecular weight excluding hydrogens is 637 g/mol. The van der Waals surface area contributed by atoms with E-state index in [0.717, 1.165) is 66.4 Å². The molecule has 0 saturated carbocycles. The van der Waals surface area contributed by atoms with Gasteiger partial charge in [0.15, 0.2) is 0 Å². The first kappa shape index (κ1) is 37.7. The van der Waals surface area contributed by atoms with Crippen molar-refractivity contribution < 1.29 is 13.2 Å². The Labute approximate surface area is 292 Å². The van der Waals surface area contributed by atoms with Gasteiger partial charge >= 0.3 is 0 Å². The van der Waals surface area contributed by atoms with E-state index in [9.17, 15) is 8.42 Å². The molecule has 49 heavy (non-hydrogen) atoms. The zero-order valence-electron chi connectivity index (χ0n) is 29.6. The Bertz CT molecular complexity index is 1700. The SMILES string of the molecule is CCCCCCCCNc1nc(NCCCCCCNS(=O)(=O)c2cccc3c(N(C)C)cccc23)nc(NCc2cccc(OC)c2)n1. The molecule has 1 heterocycles. The zero-order valence-corrected chi connectivity index (χ0v) is 30.4. The first-order valence-electron chi connectivity index (χ1n) is 17.6. The smallest absolute Gasteiger partial charge is 0.241 e. The summed E-state index contributed by atoms with van der Waals surface area (Å²) in [5.41, 5.74) is 2.05. The molecule has 11 nitrogen and oxygen atoms in total. The minimum atomic E-state index is -3.63. The molecule has 0 saturated heterocycles. The number of hydrogen-bond donors (Lipinski definition) is 4. The Morgan fingerprint density at radius 2 is 1.24 bits per heavy atom. The predicted octanol–water partition coefficient (Wildman–Crippen LogP) is 7.43. The van der Waals surface area contributed by atoms with Crippen LogP contribution in [0.3, 0.4) is 0 Å². The van der Waals surface area contributed by atoms with Crippen LogP contribution < -0.4 is 30.3 Å². The van der Waals surface area contributed by atoms with Crippen molar-refractivity contribution in [1.82, 2.24) is 19.7 Å². The second-order valence-electron chi connectivity index (χ2n) is 12.5. The summed E-state index contributed by atoms with van der Waals surface area (Å²) in [6.45, 7) is 4.69. The summed E-state index contributed by atoms with van der Waals surface area (Å²) >= 11 is 0. The minimum Gasteiger partial charge on any atom is -0.497 e. The number of anilines is 4. The third-order valence-electron chi connectivity index (χ3n) is 8.34. The van der Waals surface area contributed by atoms with Gasteiger partial charge in [-0.05, 0) is 49.1 Å². The second kappa shape index (κ2) is 19.7. The lowest BCUT2D eigenvalue weighted by Gasteiger charge is -2.17. The van der Waals surface area contributed by atoms with Gasteiger partial charge in [-0.3, -0.25) is 0 Å². The molecule has 0 unspecified atom stereocenters. The van der Waals surface area contributed by atoms with Crippen molar-refractivity contribution in [2.24, 2.45) is 0 Å². The predicted molar refractivity (Wildman–Crippen MR) is 202 cm³/mol. The monoisotopic (exact) mass is 690 g/mol. The third kappa shape index (κ3) is 12.0. The van der Waals surface area contributed by atoms with Gasteiger partial charge in [-0.2, -0.15) is 15.0 Å². The Morgan fingerprint density at radius 3 is 1.90 bits per heavy atom. The molecule has 0 atom stereocenters. The van der Waals surface area contributed by atoms with Gasteiger partial charge in [-0.15, -0.1) is 0 Å². The summed E-state index contributed by atoms with van der Waals surface area (Å²) in [5, 5.41) is 11.7. The average molecular weight is 691 g/mol. The molecule has 4 aromatic rings. The van der Waals surface area contributed by atoms with E-state index in [4.69, 9.17) is 4.74 Å². The Balaban J connectivity index is 1.24. The van der Waals surface area contributed by atoms with Crippen LogP contribution in [0.5, 0.6) is 5.75 Å². The van der Waals surface area contributed by atoms with E-state index in [-0.39, 0.29) is 0 Å². The number of rotatable bonds is 23. The minimum absolute atomic E-state index is 0.313. The van der Waals surface area contributed by atoms with E-state index < -0.39 is 10.0 Å². The van der Waals surface area contributed by atoms with Gasteiger partial charge in [0.2, 0.25) is 27.9 Å². The van der Waals surface area contributed by atoms with E-state index in [1.807, 2.05) is 67.5 Å². The quantitative estimate of drug-likeness (QED) is 0.0582. The molecular formula is C37H54N8O3S. The summed E-state index contributed by atoms with van der Waals surface area (Å²) < 4.78 is 34.6. The maximum atomic E-state index is 13.2. The Morgan fingerprint density at radius 1 is 0.673 bits per heavy atom. The van der Waals surface area contributed by atoms with Gasteiger partial charge in [0.05, 0.1) is 12.0 Å². The highest BCUT2D eigenvalue weighted by molar-refractivity contribution is 7.89. The summed E-state index contributed by atoms with van der Waals surface area (Å²) in [6, 6.07) is 19.1. The molecule has 0 aliphatic rings. The fraction of sp³-hybridized carbons (Fsp3) is 0.486. The molecule has 266 valence electrons. The van der Waals surface area contributed by atoms with Gasteiger partial charge in [0.1, 0.15) is 5.75 Å². The molecule has 4 N–H and O–H groups in total. The summed E-state index contributed by atoms with van der Waals surface area (Å²) in [7, 11) is 1.94. The molecule has 0 amide bonds. The van der Waals surface area contributed by atoms with Crippen LogP contribution in [0.15, 0.2) is 65.6 Å². The van der Waals surface area contributed by atoms with Crippen LogP contribution in [0.1, 0.15) is 76.7 Å². The maximum Gasteiger partial charge on any atom is 0.241 e. The average Bonchev–Trinajstić information content (AvgIpc) is 3.11. The van der Waals surface area contributed by atoms with Crippen molar-refractivity contribution in [2.45, 2.75) is 82.6 Å². The fourth-order valence-electron chi connectivity index (χ4n) is 5.66. The fourth-order valence-corrected chi connectivity index (χ4v) is 6.95. The van der Waals surface area contributed by atoms with Crippen LogP contribution in [-0.2, 0) is 16.6 Å². The van der Waals surface area contributed by atoms with Gasteiger partial charge in [-0.1, -0.05) is 88.3 Å². The molecule has 4 rings (SSSR count). The van der Waals surface area contributed by atoms with Crippen LogP contribution in [0.4, 0.5) is 23.5 Å². The molecule has 0 fully saturated rings. The van der Waals surface area contributed by atoms with Crippen LogP contribution in [0.2, 0.25) is 0 Å². The summed E-state index contributed by atoms with van der Waals surface area (Å²) in [5.74, 6) is 2.38. The number of benzene rings is 3. The van der Waals surface area contributed by atoms with Crippen molar-refractivity contribution in [2.75, 3.05) is 61.7 Å². The molecule has 0 aliphatic heterocycles. The van der Waals surface area contributed by atoms with Gasteiger partial charge in [0, 0.05) is 56.7 Å². The van der Waals surface area contributed by atoms with Crippen LogP contribution in [-0.4, -0.2) is 64.2 Å². The van der Waals surface area contributed by atoms with Crippen LogP contribution >= 0.6 is 0 Å². The number of nitrogens with one attached hydrogen (secondary N) is 4. The molecule has 0 bridgehead atoms. The number of methoxy groups -OCH3 is 1. The molecule has 0 aliphatic carbocycles. The highest BCUT2D eigenvalue weighted by Gasteiger charge is 2.18. The van der Waals surface area contributed by atoms with Crippen molar-refractivity contribution in [1.29, 1.82) is 0 Å². The first-order chi connectivity index (χ1) is 23.8. The summed E-state index contributed by atoms with van der Waals surface area (Å²) in [4.78, 5) is 16.2. The molecule has 12 heteroatoms. The van der Waals surface area contributed by atoms with Gasteiger partial charge in [-0.25, -0.2) is 13.1 Å². The topological polar surface area (TPSA) is 133 Å². The van der Waals surface area contributed by atoms with Crippen molar-refractivity contribution in [3.8, 4) is 5.75 Å². The number of aromatic nitrogens is 3. The Kier molecular flexibility index (Phi) is 15.2. The number of fused-ring (bicyclic) bond motifs is 1. The lowest BCUT2D eigenvalue weighted by molar-refractivity contribution is 0.414. The van der Waals surface area contributed by atoms with Crippen LogP contribution in [0, 0.1) is 0 Å². The van der Waals surface area contributed by atoms with Crippen molar-refractivity contribution in [3.05, 3.63) is 66.2 Å². The van der Waals surface area contributed by atoms with E-state index in [1.54, 1.807) is 19.2 Å². The number of unbranched alkanes of at least 4 members (excludes halogenated alkanes) is 8. The third-order valence-corrected chi connectivity index (χ3v) is 9.86. The van der Waals surface area contributed by atoms with E-state index in [2.05, 4.69) is 42.5 Å². The van der Waals surface area contributed by atoms with E-state index >= 15 is 0 Å². The molecule has 0 radical (unpaired) electrons. The van der Waals surface area contributed by atoms with Gasteiger partial charge < -0.3 is 25.6 Å². The number of hydrogen-bond acceptors (Lipinski definition) is 10. The standard InChI is InChI=1S/C37H54N8O3S/c1-5-6-7-8-9-12-24-38-35-42-36(44-37(43-35)40-28-29-18-15-19-30(27-29)48-4)39-25-13-10-11-14-26-41-49(46,47)34-23-17-20-31-32(34)21-16-22-33(31)45(2)3/h15-23,27,41H,5-14,24-26,28H2,1-4H3,(H3,38,39,40,42,43,44). The van der Waals surface area contributed by atoms with Gasteiger partial charge in [0.25, 0.3) is 0 Å². The largest absolute Gasteiger partial charge is 0.497 e. The highest BCUT2D eigenvalue weighted by Crippen LogP contribution is 2.30. The Hall–Kier alpha value is -4.16. The normalized spacial score (nSPS) is 11.4. The van der Waals surface area contributed by atoms with E-state index in [1.165, 1.54) is 32.1 Å². The highest BCUT2D eigenvalue weighted by atomic mass is 32.2. The number of nitrogens with zero attached hydrogens (tertiary/aromatic N) is 4. The number of ether oxygens (including phenoxy) is 1. The zero-order chi connectivity index (χ0) is 34.9. The molecule has 0 spiro atoms. The van der Waals surface area contributed by atoms with Crippen molar-refractivity contribution in [3.63, 3.8) is 0 Å². The maximum absolute atomic E-state index is 13.2. The van der Waals surface area contributed by atoms with E-state index in [0.29, 0.717) is 42.4 Å². The second-order valence-corrected chi connectivity index (χ2v) is 14.2. The summed E-state index contributed by atoms with van der Waals surface area (Å²) in [6.07, 6.45) is 10.8. The number of sulfonamides is 1. The molecule has 1 aromatic heterocycles.